The quantitative estimate of drug-likeness (QED) is 0.824. The monoisotopic (exact) mass is 335 g/mol. The Kier molecular flexibility index (Phi) is 4.55. The maximum atomic E-state index is 13.6. The Morgan fingerprint density at radius 2 is 1.95 bits per heavy atom. The van der Waals surface area contributed by atoms with Gasteiger partial charge in [-0.05, 0) is 41.1 Å². The Morgan fingerprint density at radius 1 is 1.25 bits per heavy atom. The van der Waals surface area contributed by atoms with Gasteiger partial charge in [-0.2, -0.15) is 0 Å². The molecule has 0 aliphatic carbocycles. The smallest absolute Gasteiger partial charge is 0.255 e. The van der Waals surface area contributed by atoms with E-state index in [1.54, 1.807) is 25.2 Å². The Labute approximate surface area is 126 Å². The van der Waals surface area contributed by atoms with Crippen molar-refractivity contribution in [1.82, 2.24) is 4.90 Å². The van der Waals surface area contributed by atoms with Crippen molar-refractivity contribution in [3.63, 3.8) is 0 Å². The molecule has 0 saturated heterocycles. The van der Waals surface area contributed by atoms with Crippen LogP contribution in [0.3, 0.4) is 0 Å². The number of hydrogen-bond acceptors (Lipinski definition) is 1. The van der Waals surface area contributed by atoms with Gasteiger partial charge in [0, 0.05) is 23.6 Å². The van der Waals surface area contributed by atoms with E-state index in [0.29, 0.717) is 11.1 Å². The minimum Gasteiger partial charge on any atom is -0.337 e. The molecule has 0 aliphatic heterocycles. The number of carbonyl (C=O) groups excluding carboxylic acids is 1. The van der Waals surface area contributed by atoms with Crippen LogP contribution >= 0.6 is 15.9 Å². The summed E-state index contributed by atoms with van der Waals surface area (Å²) >= 11 is 3.38. The first kappa shape index (κ1) is 14.7. The van der Waals surface area contributed by atoms with E-state index in [4.69, 9.17) is 0 Å². The molecule has 0 heterocycles. The highest BCUT2D eigenvalue weighted by molar-refractivity contribution is 9.10. The molecule has 104 valence electrons. The number of rotatable bonds is 3. The standard InChI is InChI=1S/C16H15BrFNO/c1-11-7-8-14(17)13(9-11)16(20)19(2)10-12-5-3-4-6-15(12)18/h3-9H,10H2,1-2H3. The lowest BCUT2D eigenvalue weighted by Gasteiger charge is -2.18. The van der Waals surface area contributed by atoms with Crippen molar-refractivity contribution in [2.24, 2.45) is 0 Å². The Hall–Kier alpha value is -1.68. The summed E-state index contributed by atoms with van der Waals surface area (Å²) in [5.74, 6) is -0.431. The third-order valence-electron chi connectivity index (χ3n) is 3.06. The predicted octanol–water partition coefficient (Wildman–Crippen LogP) is 4.17. The third-order valence-corrected chi connectivity index (χ3v) is 3.76. The molecule has 0 aliphatic rings. The van der Waals surface area contributed by atoms with Crippen LogP contribution < -0.4 is 0 Å². The average Bonchev–Trinajstić information content (AvgIpc) is 2.43. The molecule has 0 atom stereocenters. The van der Waals surface area contributed by atoms with Gasteiger partial charge in [-0.15, -0.1) is 0 Å². The van der Waals surface area contributed by atoms with E-state index in [2.05, 4.69) is 15.9 Å². The molecule has 0 unspecified atom stereocenters. The predicted molar refractivity (Wildman–Crippen MR) is 81.1 cm³/mol. The highest BCUT2D eigenvalue weighted by Gasteiger charge is 2.16. The number of aryl methyl sites for hydroxylation is 1. The molecule has 20 heavy (non-hydrogen) atoms. The zero-order valence-electron chi connectivity index (χ0n) is 11.4. The molecule has 1 amide bonds. The zero-order valence-corrected chi connectivity index (χ0v) is 12.9. The minimum atomic E-state index is -0.296. The molecule has 2 aromatic rings. The Morgan fingerprint density at radius 3 is 2.65 bits per heavy atom. The van der Waals surface area contributed by atoms with Crippen molar-refractivity contribution in [3.8, 4) is 0 Å². The van der Waals surface area contributed by atoms with E-state index in [0.717, 1.165) is 10.0 Å². The molecule has 0 aromatic heterocycles. The topological polar surface area (TPSA) is 20.3 Å². The van der Waals surface area contributed by atoms with Crippen molar-refractivity contribution in [2.75, 3.05) is 7.05 Å². The van der Waals surface area contributed by atoms with Crippen molar-refractivity contribution >= 4 is 21.8 Å². The molecule has 0 spiro atoms. The van der Waals surface area contributed by atoms with Crippen LogP contribution in [0.25, 0.3) is 0 Å². The van der Waals surface area contributed by atoms with E-state index in [1.165, 1.54) is 11.0 Å². The molecule has 2 nitrogen and oxygen atoms in total. The van der Waals surface area contributed by atoms with Gasteiger partial charge in [-0.3, -0.25) is 4.79 Å². The molecule has 4 heteroatoms. The molecule has 0 saturated carbocycles. The Balaban J connectivity index is 2.21. The van der Waals surface area contributed by atoms with Gasteiger partial charge in [-0.1, -0.05) is 29.8 Å². The highest BCUT2D eigenvalue weighted by Crippen LogP contribution is 2.20. The van der Waals surface area contributed by atoms with Crippen LogP contribution in [0.2, 0.25) is 0 Å². The van der Waals surface area contributed by atoms with Crippen LogP contribution in [-0.2, 0) is 6.54 Å². The van der Waals surface area contributed by atoms with Crippen molar-refractivity contribution in [2.45, 2.75) is 13.5 Å². The van der Waals surface area contributed by atoms with Gasteiger partial charge < -0.3 is 4.90 Å². The van der Waals surface area contributed by atoms with Gasteiger partial charge in [0.05, 0.1) is 5.56 Å². The fourth-order valence-electron chi connectivity index (χ4n) is 1.96. The van der Waals surface area contributed by atoms with Crippen LogP contribution in [0.5, 0.6) is 0 Å². The molecule has 2 aromatic carbocycles. The number of benzene rings is 2. The number of carbonyl (C=O) groups is 1. The van der Waals surface area contributed by atoms with E-state index in [1.807, 2.05) is 25.1 Å². The van der Waals surface area contributed by atoms with Gasteiger partial charge in [0.25, 0.3) is 5.91 Å². The summed E-state index contributed by atoms with van der Waals surface area (Å²) in [6.07, 6.45) is 0. The van der Waals surface area contributed by atoms with Crippen LogP contribution in [0, 0.1) is 12.7 Å². The molecule has 0 radical (unpaired) electrons. The van der Waals surface area contributed by atoms with Crippen molar-refractivity contribution in [3.05, 3.63) is 69.4 Å². The lowest BCUT2D eigenvalue weighted by atomic mass is 10.1. The summed E-state index contributed by atoms with van der Waals surface area (Å²) in [4.78, 5) is 13.9. The van der Waals surface area contributed by atoms with Crippen molar-refractivity contribution in [1.29, 1.82) is 0 Å². The first-order valence-electron chi connectivity index (χ1n) is 6.24. The largest absolute Gasteiger partial charge is 0.337 e. The fraction of sp³-hybridized carbons (Fsp3) is 0.188. The summed E-state index contributed by atoms with van der Waals surface area (Å²) < 4.78 is 14.4. The van der Waals surface area contributed by atoms with E-state index in [9.17, 15) is 9.18 Å². The molecular weight excluding hydrogens is 321 g/mol. The third kappa shape index (κ3) is 3.25. The maximum Gasteiger partial charge on any atom is 0.255 e. The number of halogens is 2. The van der Waals surface area contributed by atoms with E-state index < -0.39 is 0 Å². The summed E-state index contributed by atoms with van der Waals surface area (Å²) in [6.45, 7) is 2.17. The maximum absolute atomic E-state index is 13.6. The molecule has 2 rings (SSSR count). The van der Waals surface area contributed by atoms with Crippen LogP contribution in [0.15, 0.2) is 46.9 Å². The van der Waals surface area contributed by atoms with Gasteiger partial charge in [-0.25, -0.2) is 4.39 Å². The lowest BCUT2D eigenvalue weighted by molar-refractivity contribution is 0.0783. The Bertz CT molecular complexity index is 642. The van der Waals surface area contributed by atoms with Crippen molar-refractivity contribution < 1.29 is 9.18 Å². The van der Waals surface area contributed by atoms with Gasteiger partial charge in [0.2, 0.25) is 0 Å². The second kappa shape index (κ2) is 6.18. The van der Waals surface area contributed by atoms with Gasteiger partial charge in [0.15, 0.2) is 0 Å². The fourth-order valence-corrected chi connectivity index (χ4v) is 2.38. The highest BCUT2D eigenvalue weighted by atomic mass is 79.9. The SMILES string of the molecule is Cc1ccc(Br)c(C(=O)N(C)Cc2ccccc2F)c1. The summed E-state index contributed by atoms with van der Waals surface area (Å²) in [6, 6.07) is 12.1. The molecule has 0 N–H and O–H groups in total. The van der Waals surface area contributed by atoms with Gasteiger partial charge >= 0.3 is 0 Å². The first-order valence-corrected chi connectivity index (χ1v) is 7.03. The summed E-state index contributed by atoms with van der Waals surface area (Å²) in [5.41, 5.74) is 2.10. The summed E-state index contributed by atoms with van der Waals surface area (Å²) in [7, 11) is 1.67. The van der Waals surface area contributed by atoms with Crippen LogP contribution in [0.1, 0.15) is 21.5 Å². The lowest BCUT2D eigenvalue weighted by Crippen LogP contribution is -2.27. The number of nitrogens with zero attached hydrogens (tertiary/aromatic N) is 1. The van der Waals surface area contributed by atoms with Gasteiger partial charge in [0.1, 0.15) is 5.82 Å². The zero-order chi connectivity index (χ0) is 14.7. The van der Waals surface area contributed by atoms with Crippen LogP contribution in [-0.4, -0.2) is 17.9 Å². The molecule has 0 fully saturated rings. The van der Waals surface area contributed by atoms with E-state index in [-0.39, 0.29) is 18.3 Å². The minimum absolute atomic E-state index is 0.135. The molecular formula is C16H15BrFNO. The summed E-state index contributed by atoms with van der Waals surface area (Å²) in [5, 5.41) is 0. The first-order chi connectivity index (χ1) is 9.49. The second-order valence-electron chi connectivity index (χ2n) is 4.74. The number of amides is 1. The molecule has 0 bridgehead atoms. The second-order valence-corrected chi connectivity index (χ2v) is 5.59. The average molecular weight is 336 g/mol. The number of hydrogen-bond donors (Lipinski definition) is 0. The van der Waals surface area contributed by atoms with E-state index >= 15 is 0 Å². The van der Waals surface area contributed by atoms with Crippen LogP contribution in [0.4, 0.5) is 4.39 Å². The normalized spacial score (nSPS) is 10.4.